The third-order valence-electron chi connectivity index (χ3n) is 5.14. The minimum atomic E-state index is -3.63. The van der Waals surface area contributed by atoms with Crippen molar-refractivity contribution in [2.75, 3.05) is 6.26 Å². The Morgan fingerprint density at radius 1 is 1.13 bits per heavy atom. The number of carbonyl (C=O) groups excluding carboxylic acids is 1. The summed E-state index contributed by atoms with van der Waals surface area (Å²) in [4.78, 5) is 16.0. The van der Waals surface area contributed by atoms with Crippen molar-refractivity contribution < 1.29 is 27.3 Å². The Labute approximate surface area is 177 Å². The van der Waals surface area contributed by atoms with Gasteiger partial charge in [-0.2, -0.15) is 0 Å². The molecule has 160 valence electrons. The van der Waals surface area contributed by atoms with Crippen molar-refractivity contribution in [2.24, 2.45) is 0 Å². The molecule has 1 amide bonds. The SMILES string of the molecule is CC1(C)OB(c2cccc(OCc3ccc(C(=O)NS(C)(=O)=O)cn3)c2)OC1(C)C. The highest BCUT2D eigenvalue weighted by Crippen LogP contribution is 2.36. The van der Waals surface area contributed by atoms with Gasteiger partial charge in [-0.1, -0.05) is 12.1 Å². The van der Waals surface area contributed by atoms with Crippen molar-refractivity contribution in [1.82, 2.24) is 9.71 Å². The van der Waals surface area contributed by atoms with E-state index >= 15 is 0 Å². The molecule has 1 aromatic heterocycles. The summed E-state index contributed by atoms with van der Waals surface area (Å²) in [7, 11) is -4.11. The van der Waals surface area contributed by atoms with Crippen LogP contribution in [0.15, 0.2) is 42.6 Å². The third-order valence-corrected chi connectivity index (χ3v) is 5.69. The minimum Gasteiger partial charge on any atom is -0.487 e. The predicted molar refractivity (Wildman–Crippen MR) is 113 cm³/mol. The maximum Gasteiger partial charge on any atom is 0.494 e. The Morgan fingerprint density at radius 2 is 1.80 bits per heavy atom. The van der Waals surface area contributed by atoms with Crippen LogP contribution in [0.2, 0.25) is 0 Å². The van der Waals surface area contributed by atoms with Crippen LogP contribution in [0.1, 0.15) is 43.7 Å². The zero-order valence-corrected chi connectivity index (χ0v) is 18.4. The highest BCUT2D eigenvalue weighted by atomic mass is 32.2. The maximum atomic E-state index is 11.8. The average Bonchev–Trinajstić information content (AvgIpc) is 2.87. The second-order valence-electron chi connectivity index (χ2n) is 8.19. The van der Waals surface area contributed by atoms with Gasteiger partial charge >= 0.3 is 7.12 Å². The number of nitrogens with zero attached hydrogens (tertiary/aromatic N) is 1. The number of rotatable bonds is 6. The van der Waals surface area contributed by atoms with Gasteiger partial charge in [-0.05, 0) is 57.4 Å². The van der Waals surface area contributed by atoms with Crippen LogP contribution in [0.4, 0.5) is 0 Å². The van der Waals surface area contributed by atoms with E-state index < -0.39 is 34.3 Å². The molecule has 0 bridgehead atoms. The Kier molecular flexibility index (Phi) is 5.95. The van der Waals surface area contributed by atoms with Crippen molar-refractivity contribution >= 4 is 28.5 Å². The molecule has 30 heavy (non-hydrogen) atoms. The molecule has 3 rings (SSSR count). The zero-order valence-electron chi connectivity index (χ0n) is 17.6. The van der Waals surface area contributed by atoms with E-state index in [-0.39, 0.29) is 12.2 Å². The summed E-state index contributed by atoms with van der Waals surface area (Å²) in [6, 6.07) is 10.6. The number of hydrogen-bond acceptors (Lipinski definition) is 7. The average molecular weight is 432 g/mol. The first-order chi connectivity index (χ1) is 13.9. The van der Waals surface area contributed by atoms with E-state index in [1.807, 2.05) is 56.7 Å². The lowest BCUT2D eigenvalue weighted by Crippen LogP contribution is -2.41. The Hall–Kier alpha value is -2.43. The van der Waals surface area contributed by atoms with E-state index in [0.29, 0.717) is 11.4 Å². The monoisotopic (exact) mass is 432 g/mol. The van der Waals surface area contributed by atoms with E-state index in [9.17, 15) is 13.2 Å². The molecule has 1 fully saturated rings. The fraction of sp³-hybridized carbons (Fsp3) is 0.400. The molecular formula is C20H25BN2O6S. The molecule has 2 heterocycles. The molecule has 0 aliphatic carbocycles. The summed E-state index contributed by atoms with van der Waals surface area (Å²) in [6.07, 6.45) is 2.22. The molecule has 0 radical (unpaired) electrons. The van der Waals surface area contributed by atoms with Crippen molar-refractivity contribution in [3.05, 3.63) is 53.9 Å². The number of aromatic nitrogens is 1. The molecule has 1 aromatic carbocycles. The Bertz CT molecular complexity index is 1020. The van der Waals surface area contributed by atoms with E-state index in [1.54, 1.807) is 6.07 Å². The first kappa shape index (κ1) is 22.3. The van der Waals surface area contributed by atoms with E-state index in [2.05, 4.69) is 4.98 Å². The molecule has 1 saturated heterocycles. The van der Waals surface area contributed by atoms with Gasteiger partial charge in [0.1, 0.15) is 12.4 Å². The van der Waals surface area contributed by atoms with E-state index in [0.717, 1.165) is 11.7 Å². The predicted octanol–water partition coefficient (Wildman–Crippen LogP) is 1.65. The van der Waals surface area contributed by atoms with Crippen LogP contribution in [0.25, 0.3) is 0 Å². The highest BCUT2D eigenvalue weighted by molar-refractivity contribution is 7.89. The zero-order chi connectivity index (χ0) is 22.2. The van der Waals surface area contributed by atoms with Crippen molar-refractivity contribution in [1.29, 1.82) is 0 Å². The van der Waals surface area contributed by atoms with E-state index in [4.69, 9.17) is 14.0 Å². The van der Waals surface area contributed by atoms with Gasteiger partial charge in [0.25, 0.3) is 5.91 Å². The van der Waals surface area contributed by atoms with Crippen molar-refractivity contribution in [3.8, 4) is 5.75 Å². The number of sulfonamides is 1. The van der Waals surface area contributed by atoms with E-state index in [1.165, 1.54) is 12.3 Å². The van der Waals surface area contributed by atoms with Gasteiger partial charge in [-0.25, -0.2) is 13.1 Å². The minimum absolute atomic E-state index is 0.145. The molecule has 1 aliphatic heterocycles. The fourth-order valence-corrected chi connectivity index (χ4v) is 3.21. The maximum absolute atomic E-state index is 11.8. The molecule has 0 spiro atoms. The first-order valence-corrected chi connectivity index (χ1v) is 11.3. The number of ether oxygens (including phenoxy) is 1. The molecule has 10 heteroatoms. The third kappa shape index (κ3) is 5.19. The summed E-state index contributed by atoms with van der Waals surface area (Å²) < 4.78 is 42.1. The van der Waals surface area contributed by atoms with Gasteiger partial charge in [0.15, 0.2) is 0 Å². The molecule has 0 unspecified atom stereocenters. The molecule has 0 saturated carbocycles. The lowest BCUT2D eigenvalue weighted by molar-refractivity contribution is 0.00578. The fourth-order valence-electron chi connectivity index (χ4n) is 2.76. The molecular weight excluding hydrogens is 407 g/mol. The number of benzene rings is 1. The molecule has 0 atom stereocenters. The van der Waals surface area contributed by atoms with Crippen LogP contribution < -0.4 is 14.9 Å². The smallest absolute Gasteiger partial charge is 0.487 e. The first-order valence-electron chi connectivity index (χ1n) is 9.42. The summed E-state index contributed by atoms with van der Waals surface area (Å²) in [5.41, 5.74) is 0.735. The topological polar surface area (TPSA) is 104 Å². The summed E-state index contributed by atoms with van der Waals surface area (Å²) in [5, 5.41) is 0. The Balaban J connectivity index is 1.63. The largest absolute Gasteiger partial charge is 0.494 e. The summed E-state index contributed by atoms with van der Waals surface area (Å²) >= 11 is 0. The van der Waals surface area contributed by atoms with Crippen LogP contribution in [-0.2, 0) is 25.9 Å². The molecule has 1 aliphatic rings. The van der Waals surface area contributed by atoms with Gasteiger partial charge < -0.3 is 14.0 Å². The number of amides is 1. The molecule has 8 nitrogen and oxygen atoms in total. The number of nitrogens with one attached hydrogen (secondary N) is 1. The lowest BCUT2D eigenvalue weighted by atomic mass is 9.79. The van der Waals surface area contributed by atoms with Gasteiger partial charge in [-0.15, -0.1) is 0 Å². The van der Waals surface area contributed by atoms with Crippen molar-refractivity contribution in [3.63, 3.8) is 0 Å². The van der Waals surface area contributed by atoms with Crippen LogP contribution in [-0.4, -0.2) is 43.9 Å². The Morgan fingerprint density at radius 3 is 2.37 bits per heavy atom. The standard InChI is InChI=1S/C20H25BN2O6S/c1-19(2)20(3,4)29-21(28-19)15-7-6-8-17(11-15)27-13-16-10-9-14(12-22-16)18(24)23-30(5,25)26/h6-12H,13H2,1-5H3,(H,23,24). The van der Waals surface area contributed by atoms with Crippen LogP contribution in [0.3, 0.4) is 0 Å². The summed E-state index contributed by atoms with van der Waals surface area (Å²) in [6.45, 7) is 8.18. The molecule has 1 N–H and O–H groups in total. The van der Waals surface area contributed by atoms with Crippen molar-refractivity contribution in [2.45, 2.75) is 45.5 Å². The van der Waals surface area contributed by atoms with Crippen LogP contribution >= 0.6 is 0 Å². The van der Waals surface area contributed by atoms with Gasteiger partial charge in [-0.3, -0.25) is 9.78 Å². The number of carbonyl (C=O) groups is 1. The summed E-state index contributed by atoms with van der Waals surface area (Å²) in [5.74, 6) is -0.101. The van der Waals surface area contributed by atoms with Crippen LogP contribution in [0, 0.1) is 0 Å². The highest BCUT2D eigenvalue weighted by Gasteiger charge is 2.51. The molecule has 2 aromatic rings. The number of pyridine rings is 1. The number of hydrogen-bond donors (Lipinski definition) is 1. The second kappa shape index (κ2) is 8.01. The van der Waals surface area contributed by atoms with Crippen LogP contribution in [0.5, 0.6) is 5.75 Å². The normalized spacial score (nSPS) is 17.6. The van der Waals surface area contributed by atoms with Gasteiger partial charge in [0.2, 0.25) is 10.0 Å². The second-order valence-corrected chi connectivity index (χ2v) is 9.94. The quantitative estimate of drug-likeness (QED) is 0.693. The van der Waals surface area contributed by atoms with Gasteiger partial charge in [0.05, 0.1) is 28.7 Å². The lowest BCUT2D eigenvalue weighted by Gasteiger charge is -2.32. The van der Waals surface area contributed by atoms with Gasteiger partial charge in [0, 0.05) is 6.20 Å².